The van der Waals surface area contributed by atoms with E-state index in [1.54, 1.807) is 6.07 Å². The van der Waals surface area contributed by atoms with Crippen molar-refractivity contribution in [2.75, 3.05) is 19.7 Å². The van der Waals surface area contributed by atoms with E-state index in [9.17, 15) is 8.78 Å². The summed E-state index contributed by atoms with van der Waals surface area (Å²) in [7, 11) is 0. The molecule has 0 saturated carbocycles. The maximum atomic E-state index is 13.9. The highest BCUT2D eigenvalue weighted by atomic mass is 19.2. The van der Waals surface area contributed by atoms with Gasteiger partial charge in [0.25, 0.3) is 0 Å². The fraction of sp³-hybridized carbons (Fsp3) is 0.571. The van der Waals surface area contributed by atoms with Gasteiger partial charge in [0.05, 0.1) is 18.8 Å². The molecule has 2 fully saturated rings. The third-order valence-corrected chi connectivity index (χ3v) is 4.28. The molecule has 110 valence electrons. The molecule has 0 amide bonds. The minimum atomic E-state index is -0.863. The Morgan fingerprint density at radius 2 is 2.25 bits per heavy atom. The van der Waals surface area contributed by atoms with Gasteiger partial charge in [-0.2, -0.15) is 0 Å². The molecule has 0 radical (unpaired) electrons. The number of hydrazine groups is 1. The third kappa shape index (κ3) is 2.44. The van der Waals surface area contributed by atoms with Gasteiger partial charge in [0, 0.05) is 18.2 Å². The van der Waals surface area contributed by atoms with E-state index in [4.69, 9.17) is 10.6 Å². The van der Waals surface area contributed by atoms with Crippen molar-refractivity contribution in [1.82, 2.24) is 10.3 Å². The van der Waals surface area contributed by atoms with Crippen LogP contribution >= 0.6 is 0 Å². The van der Waals surface area contributed by atoms with Crippen LogP contribution in [-0.2, 0) is 4.74 Å². The van der Waals surface area contributed by atoms with E-state index in [1.807, 2.05) is 0 Å². The standard InChI is InChI=1S/C14H19F2N3O/c15-11-5-1-4-10(13(11)16)14(18-17)12-7-19-6-2-3-9(19)8-20-12/h1,4-5,9,12,14,18H,2-3,6-8,17H2. The van der Waals surface area contributed by atoms with Gasteiger partial charge in [-0.05, 0) is 25.5 Å². The van der Waals surface area contributed by atoms with Gasteiger partial charge in [-0.1, -0.05) is 12.1 Å². The average Bonchev–Trinajstić information content (AvgIpc) is 2.92. The average molecular weight is 283 g/mol. The number of hydrogen-bond donors (Lipinski definition) is 2. The molecule has 2 aliphatic rings. The first-order valence-electron chi connectivity index (χ1n) is 6.96. The van der Waals surface area contributed by atoms with Gasteiger partial charge in [-0.3, -0.25) is 16.2 Å². The van der Waals surface area contributed by atoms with Crippen molar-refractivity contribution in [3.63, 3.8) is 0 Å². The first-order valence-corrected chi connectivity index (χ1v) is 6.96. The summed E-state index contributed by atoms with van der Waals surface area (Å²) in [5.74, 6) is 3.83. The Morgan fingerprint density at radius 1 is 1.40 bits per heavy atom. The second-order valence-electron chi connectivity index (χ2n) is 5.45. The van der Waals surface area contributed by atoms with Gasteiger partial charge in [0.2, 0.25) is 0 Å². The fourth-order valence-electron chi connectivity index (χ4n) is 3.20. The summed E-state index contributed by atoms with van der Waals surface area (Å²) in [4.78, 5) is 2.34. The SMILES string of the molecule is NNC(c1cccc(F)c1F)C1CN2CCCC2CO1. The molecule has 2 heterocycles. The van der Waals surface area contributed by atoms with Crippen molar-refractivity contribution in [2.24, 2.45) is 5.84 Å². The highest BCUT2D eigenvalue weighted by Gasteiger charge is 2.37. The Morgan fingerprint density at radius 3 is 3.05 bits per heavy atom. The van der Waals surface area contributed by atoms with E-state index >= 15 is 0 Å². The second kappa shape index (κ2) is 5.73. The molecule has 0 spiro atoms. The van der Waals surface area contributed by atoms with E-state index in [0.29, 0.717) is 19.2 Å². The number of nitrogens with two attached hydrogens (primary N) is 1. The minimum Gasteiger partial charge on any atom is -0.373 e. The maximum Gasteiger partial charge on any atom is 0.163 e. The van der Waals surface area contributed by atoms with Crippen LogP contribution in [0.2, 0.25) is 0 Å². The number of ether oxygens (including phenoxy) is 1. The molecular weight excluding hydrogens is 264 g/mol. The number of halogens is 2. The number of nitrogens with one attached hydrogen (secondary N) is 1. The Kier molecular flexibility index (Phi) is 3.98. The zero-order valence-electron chi connectivity index (χ0n) is 11.2. The van der Waals surface area contributed by atoms with Crippen molar-refractivity contribution in [3.8, 4) is 0 Å². The molecule has 20 heavy (non-hydrogen) atoms. The highest BCUT2D eigenvalue weighted by molar-refractivity contribution is 5.24. The van der Waals surface area contributed by atoms with Gasteiger partial charge in [0.1, 0.15) is 0 Å². The van der Waals surface area contributed by atoms with Crippen LogP contribution in [0.5, 0.6) is 0 Å². The molecule has 0 aromatic heterocycles. The molecule has 1 aromatic carbocycles. The van der Waals surface area contributed by atoms with Gasteiger partial charge >= 0.3 is 0 Å². The summed E-state index contributed by atoms with van der Waals surface area (Å²) in [5.41, 5.74) is 2.80. The van der Waals surface area contributed by atoms with Gasteiger partial charge in [-0.15, -0.1) is 0 Å². The highest BCUT2D eigenvalue weighted by Crippen LogP contribution is 2.29. The van der Waals surface area contributed by atoms with Crippen molar-refractivity contribution in [1.29, 1.82) is 0 Å². The first kappa shape index (κ1) is 13.9. The van der Waals surface area contributed by atoms with Crippen LogP contribution in [0.4, 0.5) is 8.78 Å². The molecule has 3 N–H and O–H groups in total. The number of nitrogens with zero attached hydrogens (tertiary/aromatic N) is 1. The van der Waals surface area contributed by atoms with Crippen LogP contribution in [0.15, 0.2) is 18.2 Å². The number of benzene rings is 1. The van der Waals surface area contributed by atoms with Crippen molar-refractivity contribution in [3.05, 3.63) is 35.4 Å². The maximum absolute atomic E-state index is 13.9. The summed E-state index contributed by atoms with van der Waals surface area (Å²) < 4.78 is 33.1. The van der Waals surface area contributed by atoms with Gasteiger partial charge in [0.15, 0.2) is 11.6 Å². The molecular formula is C14H19F2N3O. The Hall–Kier alpha value is -1.08. The van der Waals surface area contributed by atoms with Crippen LogP contribution in [0, 0.1) is 11.6 Å². The lowest BCUT2D eigenvalue weighted by Gasteiger charge is -2.38. The number of morpholine rings is 1. The zero-order valence-corrected chi connectivity index (χ0v) is 11.2. The van der Waals surface area contributed by atoms with E-state index in [2.05, 4.69) is 10.3 Å². The number of hydrogen-bond acceptors (Lipinski definition) is 4. The van der Waals surface area contributed by atoms with E-state index < -0.39 is 17.7 Å². The van der Waals surface area contributed by atoms with Crippen LogP contribution in [0.1, 0.15) is 24.4 Å². The van der Waals surface area contributed by atoms with Crippen LogP contribution in [-0.4, -0.2) is 36.7 Å². The monoisotopic (exact) mass is 283 g/mol. The summed E-state index contributed by atoms with van der Waals surface area (Å²) in [5, 5.41) is 0. The molecule has 3 unspecified atom stereocenters. The topological polar surface area (TPSA) is 50.5 Å². The number of fused-ring (bicyclic) bond motifs is 1. The van der Waals surface area contributed by atoms with Crippen LogP contribution < -0.4 is 11.3 Å². The predicted octanol–water partition coefficient (Wildman–Crippen LogP) is 1.33. The summed E-state index contributed by atoms with van der Waals surface area (Å²) in [6.07, 6.45) is 2.03. The molecule has 2 saturated heterocycles. The van der Waals surface area contributed by atoms with Crippen molar-refractivity contribution < 1.29 is 13.5 Å². The molecule has 1 aromatic rings. The van der Waals surface area contributed by atoms with Gasteiger partial charge < -0.3 is 4.74 Å². The Balaban J connectivity index is 1.81. The van der Waals surface area contributed by atoms with Gasteiger partial charge in [-0.25, -0.2) is 8.78 Å². The Bertz CT molecular complexity index is 485. The summed E-state index contributed by atoms with van der Waals surface area (Å²) in [6, 6.07) is 4.04. The largest absolute Gasteiger partial charge is 0.373 e. The van der Waals surface area contributed by atoms with E-state index in [1.165, 1.54) is 6.07 Å². The molecule has 2 aliphatic heterocycles. The normalized spacial score (nSPS) is 28.4. The molecule has 6 heteroatoms. The summed E-state index contributed by atoms with van der Waals surface area (Å²) >= 11 is 0. The lowest BCUT2D eigenvalue weighted by atomic mass is 9.99. The lowest BCUT2D eigenvalue weighted by Crippen LogP contribution is -2.51. The predicted molar refractivity (Wildman–Crippen MR) is 70.8 cm³/mol. The molecule has 4 nitrogen and oxygen atoms in total. The quantitative estimate of drug-likeness (QED) is 0.649. The number of rotatable bonds is 3. The molecule has 0 bridgehead atoms. The minimum absolute atomic E-state index is 0.218. The molecule has 0 aliphatic carbocycles. The van der Waals surface area contributed by atoms with Crippen molar-refractivity contribution >= 4 is 0 Å². The van der Waals surface area contributed by atoms with Crippen LogP contribution in [0.25, 0.3) is 0 Å². The van der Waals surface area contributed by atoms with E-state index in [0.717, 1.165) is 25.5 Å². The fourth-order valence-corrected chi connectivity index (χ4v) is 3.20. The Labute approximate surface area is 116 Å². The van der Waals surface area contributed by atoms with E-state index in [-0.39, 0.29) is 11.7 Å². The van der Waals surface area contributed by atoms with Crippen LogP contribution in [0.3, 0.4) is 0 Å². The lowest BCUT2D eigenvalue weighted by molar-refractivity contribution is -0.0658. The zero-order chi connectivity index (χ0) is 14.1. The van der Waals surface area contributed by atoms with Crippen molar-refractivity contribution in [2.45, 2.75) is 31.0 Å². The molecule has 3 rings (SSSR count). The first-order chi connectivity index (χ1) is 9.70. The smallest absolute Gasteiger partial charge is 0.163 e. The third-order valence-electron chi connectivity index (χ3n) is 4.28. The summed E-state index contributed by atoms with van der Waals surface area (Å²) in [6.45, 7) is 2.35. The molecule has 3 atom stereocenters. The second-order valence-corrected chi connectivity index (χ2v) is 5.45.